The first-order valence-electron chi connectivity index (χ1n) is 6.08. The van der Waals surface area contributed by atoms with Crippen LogP contribution in [0.15, 0.2) is 54.6 Å². The third kappa shape index (κ3) is 1.67. The van der Waals surface area contributed by atoms with Crippen molar-refractivity contribution in [3.63, 3.8) is 0 Å². The summed E-state index contributed by atoms with van der Waals surface area (Å²) in [7, 11) is 0. The molecule has 0 aliphatic carbocycles. The molecule has 0 aromatic heterocycles. The Kier molecular flexibility index (Phi) is 2.74. The van der Waals surface area contributed by atoms with Crippen molar-refractivity contribution in [3.8, 4) is 0 Å². The number of aliphatic hydroxyl groups is 1. The quantitative estimate of drug-likeness (QED) is 0.673. The van der Waals surface area contributed by atoms with Crippen LogP contribution in [0.2, 0.25) is 0 Å². The van der Waals surface area contributed by atoms with Crippen LogP contribution in [-0.2, 0) is 0 Å². The smallest absolute Gasteiger partial charge is 0.0624 e. The molecule has 3 aromatic rings. The van der Waals surface area contributed by atoms with E-state index in [4.69, 9.17) is 5.73 Å². The zero-order valence-corrected chi connectivity index (χ0v) is 10.0. The van der Waals surface area contributed by atoms with Gasteiger partial charge in [-0.05, 0) is 33.2 Å². The van der Waals surface area contributed by atoms with Crippen molar-refractivity contribution in [2.24, 2.45) is 5.73 Å². The Morgan fingerprint density at radius 1 is 0.889 bits per heavy atom. The maximum absolute atomic E-state index is 9.38. The average molecular weight is 237 g/mol. The van der Waals surface area contributed by atoms with Crippen LogP contribution < -0.4 is 5.73 Å². The molecule has 3 aromatic carbocycles. The molecule has 18 heavy (non-hydrogen) atoms. The van der Waals surface area contributed by atoms with Gasteiger partial charge in [-0.2, -0.15) is 0 Å². The highest BCUT2D eigenvalue weighted by atomic mass is 16.3. The highest BCUT2D eigenvalue weighted by Crippen LogP contribution is 2.31. The van der Waals surface area contributed by atoms with Gasteiger partial charge in [0.05, 0.1) is 12.6 Å². The summed E-state index contributed by atoms with van der Waals surface area (Å²) in [6.07, 6.45) is 0. The predicted octanol–water partition coefficient (Wildman–Crippen LogP) is 2.99. The number of fused-ring (bicyclic) bond motifs is 2. The zero-order valence-electron chi connectivity index (χ0n) is 10.0. The van der Waals surface area contributed by atoms with Crippen LogP contribution in [-0.4, -0.2) is 11.7 Å². The number of hydrogen-bond acceptors (Lipinski definition) is 2. The fourth-order valence-electron chi connectivity index (χ4n) is 2.54. The van der Waals surface area contributed by atoms with Crippen LogP contribution in [0.3, 0.4) is 0 Å². The molecule has 0 bridgehead atoms. The molecule has 0 radical (unpaired) electrons. The first-order valence-corrected chi connectivity index (χ1v) is 6.08. The van der Waals surface area contributed by atoms with Crippen LogP contribution in [0.25, 0.3) is 21.5 Å². The molecule has 0 aliphatic rings. The SMILES string of the molecule is NC(CO)c1c2ccccc2cc2ccccc12. The van der Waals surface area contributed by atoms with Gasteiger partial charge >= 0.3 is 0 Å². The minimum absolute atomic E-state index is 0.0436. The van der Waals surface area contributed by atoms with Crippen molar-refractivity contribution in [3.05, 3.63) is 60.2 Å². The number of benzene rings is 3. The maximum atomic E-state index is 9.38. The summed E-state index contributed by atoms with van der Waals surface area (Å²) in [4.78, 5) is 0. The lowest BCUT2D eigenvalue weighted by atomic mass is 9.93. The van der Waals surface area contributed by atoms with Gasteiger partial charge in [0.2, 0.25) is 0 Å². The first kappa shape index (κ1) is 11.2. The second-order valence-electron chi connectivity index (χ2n) is 4.52. The highest BCUT2D eigenvalue weighted by molar-refractivity contribution is 6.02. The molecule has 0 spiro atoms. The Bertz CT molecular complexity index is 652. The van der Waals surface area contributed by atoms with E-state index in [9.17, 15) is 5.11 Å². The van der Waals surface area contributed by atoms with Gasteiger partial charge < -0.3 is 10.8 Å². The molecular formula is C16H15NO. The lowest BCUT2D eigenvalue weighted by Crippen LogP contribution is -2.15. The third-order valence-corrected chi connectivity index (χ3v) is 3.38. The lowest BCUT2D eigenvalue weighted by Gasteiger charge is -2.16. The van der Waals surface area contributed by atoms with Crippen LogP contribution in [0.5, 0.6) is 0 Å². The molecule has 0 aliphatic heterocycles. The molecule has 0 amide bonds. The molecule has 0 heterocycles. The number of nitrogens with two attached hydrogens (primary N) is 1. The summed E-state index contributed by atoms with van der Waals surface area (Å²) in [5, 5.41) is 14.0. The predicted molar refractivity (Wildman–Crippen MR) is 75.5 cm³/mol. The van der Waals surface area contributed by atoms with Crippen molar-refractivity contribution < 1.29 is 5.11 Å². The molecule has 1 atom stereocenters. The van der Waals surface area contributed by atoms with Gasteiger partial charge in [0.25, 0.3) is 0 Å². The molecular weight excluding hydrogens is 222 g/mol. The molecule has 2 nitrogen and oxygen atoms in total. The maximum Gasteiger partial charge on any atom is 0.0624 e. The third-order valence-electron chi connectivity index (χ3n) is 3.38. The van der Waals surface area contributed by atoms with Gasteiger partial charge in [0.15, 0.2) is 0 Å². The van der Waals surface area contributed by atoms with Gasteiger partial charge in [0, 0.05) is 0 Å². The molecule has 90 valence electrons. The average Bonchev–Trinajstić information content (AvgIpc) is 2.44. The standard InChI is InChI=1S/C16H15NO/c17-15(10-18)16-13-7-3-1-5-11(13)9-12-6-2-4-8-14(12)16/h1-9,15,18H,10,17H2. The Morgan fingerprint density at radius 2 is 1.39 bits per heavy atom. The fraction of sp³-hybridized carbons (Fsp3) is 0.125. The van der Waals surface area contributed by atoms with Gasteiger partial charge in [-0.3, -0.25) is 0 Å². The summed E-state index contributed by atoms with van der Waals surface area (Å²) in [6, 6.07) is 18.1. The van der Waals surface area contributed by atoms with Crippen molar-refractivity contribution in [2.75, 3.05) is 6.61 Å². The summed E-state index contributed by atoms with van der Waals surface area (Å²) >= 11 is 0. The van der Waals surface area contributed by atoms with Crippen molar-refractivity contribution in [1.82, 2.24) is 0 Å². The Balaban J connectivity index is 2.49. The lowest BCUT2D eigenvalue weighted by molar-refractivity contribution is 0.269. The largest absolute Gasteiger partial charge is 0.394 e. The highest BCUT2D eigenvalue weighted by Gasteiger charge is 2.13. The molecule has 0 saturated heterocycles. The first-order chi connectivity index (χ1) is 8.81. The molecule has 2 heteroatoms. The Hall–Kier alpha value is -1.90. The van der Waals surface area contributed by atoms with E-state index in [1.807, 2.05) is 24.3 Å². The molecule has 3 rings (SSSR count). The van der Waals surface area contributed by atoms with Gasteiger partial charge in [0.1, 0.15) is 0 Å². The van der Waals surface area contributed by atoms with Gasteiger partial charge in [-0.25, -0.2) is 0 Å². The summed E-state index contributed by atoms with van der Waals surface area (Å²) in [5.41, 5.74) is 7.11. The van der Waals surface area contributed by atoms with E-state index in [0.29, 0.717) is 0 Å². The number of aliphatic hydroxyl groups excluding tert-OH is 1. The van der Waals surface area contributed by atoms with Crippen LogP contribution in [0, 0.1) is 0 Å². The summed E-state index contributed by atoms with van der Waals surface area (Å²) in [5.74, 6) is 0. The topological polar surface area (TPSA) is 46.2 Å². The monoisotopic (exact) mass is 237 g/mol. The van der Waals surface area contributed by atoms with E-state index in [1.165, 1.54) is 0 Å². The zero-order chi connectivity index (χ0) is 12.5. The second kappa shape index (κ2) is 4.41. The van der Waals surface area contributed by atoms with Crippen LogP contribution >= 0.6 is 0 Å². The van der Waals surface area contributed by atoms with Crippen molar-refractivity contribution >= 4 is 21.5 Å². The fourth-order valence-corrected chi connectivity index (χ4v) is 2.54. The molecule has 0 saturated carbocycles. The number of hydrogen-bond donors (Lipinski definition) is 2. The van der Waals surface area contributed by atoms with Crippen LogP contribution in [0.4, 0.5) is 0 Å². The molecule has 0 fully saturated rings. The Morgan fingerprint density at radius 3 is 1.89 bits per heavy atom. The van der Waals surface area contributed by atoms with E-state index in [2.05, 4.69) is 30.3 Å². The molecule has 3 N–H and O–H groups in total. The summed E-state index contributed by atoms with van der Waals surface area (Å²) < 4.78 is 0. The minimum Gasteiger partial charge on any atom is -0.394 e. The normalized spacial score (nSPS) is 13.0. The summed E-state index contributed by atoms with van der Waals surface area (Å²) in [6.45, 7) is -0.0436. The van der Waals surface area contributed by atoms with Crippen molar-refractivity contribution in [2.45, 2.75) is 6.04 Å². The van der Waals surface area contributed by atoms with E-state index < -0.39 is 0 Å². The van der Waals surface area contributed by atoms with Crippen molar-refractivity contribution in [1.29, 1.82) is 0 Å². The van der Waals surface area contributed by atoms with Gasteiger partial charge in [-0.15, -0.1) is 0 Å². The second-order valence-corrected chi connectivity index (χ2v) is 4.52. The van der Waals surface area contributed by atoms with E-state index in [0.717, 1.165) is 27.1 Å². The number of rotatable bonds is 2. The molecule has 1 unspecified atom stereocenters. The minimum atomic E-state index is -0.346. The van der Waals surface area contributed by atoms with E-state index in [1.54, 1.807) is 0 Å². The van der Waals surface area contributed by atoms with E-state index in [-0.39, 0.29) is 12.6 Å². The van der Waals surface area contributed by atoms with Crippen LogP contribution in [0.1, 0.15) is 11.6 Å². The van der Waals surface area contributed by atoms with E-state index >= 15 is 0 Å². The van der Waals surface area contributed by atoms with Gasteiger partial charge in [-0.1, -0.05) is 48.5 Å². The Labute approximate surface area is 106 Å².